The number of halogens is 1. The largest absolute Gasteiger partial charge is 0.308 e. The zero-order valence-electron chi connectivity index (χ0n) is 9.14. The first-order valence-electron chi connectivity index (χ1n) is 4.99. The van der Waals surface area contributed by atoms with Crippen LogP contribution < -0.4 is 5.32 Å². The van der Waals surface area contributed by atoms with E-state index in [-0.39, 0.29) is 12.4 Å². The van der Waals surface area contributed by atoms with Gasteiger partial charge in [-0.3, -0.25) is 4.98 Å². The van der Waals surface area contributed by atoms with Gasteiger partial charge >= 0.3 is 0 Å². The minimum atomic E-state index is 0. The van der Waals surface area contributed by atoms with Crippen LogP contribution in [0.1, 0.15) is 16.0 Å². The lowest BCUT2D eigenvalue weighted by Gasteiger charge is -2.03. The quantitative estimate of drug-likeness (QED) is 0.907. The van der Waals surface area contributed by atoms with Crippen molar-refractivity contribution >= 4 is 23.7 Å². The molecule has 2 nitrogen and oxygen atoms in total. The summed E-state index contributed by atoms with van der Waals surface area (Å²) in [6.07, 6.45) is 3.65. The second kappa shape index (κ2) is 6.63. The summed E-state index contributed by atoms with van der Waals surface area (Å²) in [4.78, 5) is 5.41. The molecule has 0 aliphatic rings. The van der Waals surface area contributed by atoms with Gasteiger partial charge in [0, 0.05) is 30.4 Å². The summed E-state index contributed by atoms with van der Waals surface area (Å²) in [6, 6.07) is 6.23. The lowest BCUT2D eigenvalue weighted by atomic mass is 10.2. The molecule has 0 bridgehead atoms. The van der Waals surface area contributed by atoms with E-state index in [2.05, 4.69) is 28.7 Å². The van der Waals surface area contributed by atoms with Crippen molar-refractivity contribution in [2.24, 2.45) is 0 Å². The fourth-order valence-electron chi connectivity index (χ4n) is 1.41. The van der Waals surface area contributed by atoms with Gasteiger partial charge in [-0.15, -0.1) is 23.7 Å². The van der Waals surface area contributed by atoms with E-state index < -0.39 is 0 Å². The molecule has 0 saturated heterocycles. The molecule has 1 N–H and O–H groups in total. The number of nitrogens with one attached hydrogen (secondary N) is 1. The summed E-state index contributed by atoms with van der Waals surface area (Å²) >= 11 is 1.81. The van der Waals surface area contributed by atoms with Gasteiger partial charge in [-0.25, -0.2) is 0 Å². The van der Waals surface area contributed by atoms with E-state index in [9.17, 15) is 0 Å². The second-order valence-electron chi connectivity index (χ2n) is 3.49. The Kier molecular flexibility index (Phi) is 5.46. The molecule has 4 heteroatoms. The van der Waals surface area contributed by atoms with Crippen molar-refractivity contribution in [2.75, 3.05) is 0 Å². The Balaban J connectivity index is 0.00000128. The molecular formula is C12H15ClN2S. The molecule has 0 unspecified atom stereocenters. The van der Waals surface area contributed by atoms with E-state index >= 15 is 0 Å². The van der Waals surface area contributed by atoms with Crippen molar-refractivity contribution in [3.8, 4) is 0 Å². The maximum atomic E-state index is 3.99. The molecule has 0 aliphatic heterocycles. The fraction of sp³-hybridized carbons (Fsp3) is 0.250. The van der Waals surface area contributed by atoms with Crippen molar-refractivity contribution < 1.29 is 0 Å². The molecule has 0 fully saturated rings. The number of hydrogen-bond donors (Lipinski definition) is 1. The monoisotopic (exact) mass is 254 g/mol. The third kappa shape index (κ3) is 3.59. The number of nitrogens with zero attached hydrogens (tertiary/aromatic N) is 1. The number of aromatic nitrogens is 1. The zero-order valence-corrected chi connectivity index (χ0v) is 10.8. The Morgan fingerprint density at radius 2 is 1.94 bits per heavy atom. The molecule has 2 heterocycles. The first-order valence-corrected chi connectivity index (χ1v) is 5.87. The van der Waals surface area contributed by atoms with Gasteiger partial charge < -0.3 is 5.32 Å². The standard InChI is InChI=1S/C12H14N2S.ClH/c1-10-4-7-15-12(10)9-14-8-11-2-5-13-6-3-11;/h2-7,14H,8-9H2,1H3;1H. The highest BCUT2D eigenvalue weighted by Gasteiger charge is 1.98. The number of rotatable bonds is 4. The maximum Gasteiger partial charge on any atom is 0.0305 e. The average molecular weight is 255 g/mol. The van der Waals surface area contributed by atoms with E-state index in [0.717, 1.165) is 13.1 Å². The van der Waals surface area contributed by atoms with Crippen molar-refractivity contribution in [1.29, 1.82) is 0 Å². The van der Waals surface area contributed by atoms with Crippen LogP contribution in [0.2, 0.25) is 0 Å². The van der Waals surface area contributed by atoms with Crippen LogP contribution in [0.5, 0.6) is 0 Å². The molecule has 0 amide bonds. The van der Waals surface area contributed by atoms with Gasteiger partial charge in [-0.2, -0.15) is 0 Å². The third-order valence-corrected chi connectivity index (χ3v) is 3.36. The molecule has 0 radical (unpaired) electrons. The van der Waals surface area contributed by atoms with Crippen LogP contribution in [0, 0.1) is 6.92 Å². The summed E-state index contributed by atoms with van der Waals surface area (Å²) in [6.45, 7) is 4.01. The Morgan fingerprint density at radius 3 is 2.56 bits per heavy atom. The molecular weight excluding hydrogens is 240 g/mol. The molecule has 2 aromatic heterocycles. The fourth-order valence-corrected chi connectivity index (χ4v) is 2.28. The molecule has 0 atom stereocenters. The number of aryl methyl sites for hydroxylation is 1. The lowest BCUT2D eigenvalue weighted by molar-refractivity contribution is 0.698. The molecule has 86 valence electrons. The van der Waals surface area contributed by atoms with Crippen molar-refractivity contribution in [2.45, 2.75) is 20.0 Å². The second-order valence-corrected chi connectivity index (χ2v) is 4.49. The van der Waals surface area contributed by atoms with E-state index in [0.29, 0.717) is 0 Å². The van der Waals surface area contributed by atoms with Gasteiger partial charge in [0.1, 0.15) is 0 Å². The highest BCUT2D eigenvalue weighted by molar-refractivity contribution is 7.10. The van der Waals surface area contributed by atoms with Gasteiger partial charge in [0.05, 0.1) is 0 Å². The molecule has 0 spiro atoms. The molecule has 0 aliphatic carbocycles. The van der Waals surface area contributed by atoms with Crippen molar-refractivity contribution in [3.63, 3.8) is 0 Å². The molecule has 2 rings (SSSR count). The van der Waals surface area contributed by atoms with Gasteiger partial charge in [0.2, 0.25) is 0 Å². The van der Waals surface area contributed by atoms with Crippen molar-refractivity contribution in [1.82, 2.24) is 10.3 Å². The number of thiophene rings is 1. The van der Waals surface area contributed by atoms with E-state index in [1.54, 1.807) is 0 Å². The predicted molar refractivity (Wildman–Crippen MR) is 71.1 cm³/mol. The van der Waals surface area contributed by atoms with Gasteiger partial charge in [0.15, 0.2) is 0 Å². The topological polar surface area (TPSA) is 24.9 Å². The van der Waals surface area contributed by atoms with E-state index in [4.69, 9.17) is 0 Å². The Labute approximate surface area is 106 Å². The average Bonchev–Trinajstić information content (AvgIpc) is 2.66. The highest BCUT2D eigenvalue weighted by Crippen LogP contribution is 2.14. The Hall–Kier alpha value is -0.900. The normalized spacial score (nSPS) is 9.81. The van der Waals surface area contributed by atoms with Gasteiger partial charge in [0.25, 0.3) is 0 Å². The Bertz CT molecular complexity index is 414. The SMILES string of the molecule is Cc1ccsc1CNCc1ccncc1.Cl. The first kappa shape index (κ1) is 13.2. The summed E-state index contributed by atoms with van der Waals surface area (Å²) in [5.74, 6) is 0. The van der Waals surface area contributed by atoms with Crippen LogP contribution in [-0.4, -0.2) is 4.98 Å². The molecule has 0 saturated carbocycles. The highest BCUT2D eigenvalue weighted by atomic mass is 35.5. The summed E-state index contributed by atoms with van der Waals surface area (Å²) in [5, 5.41) is 5.57. The van der Waals surface area contributed by atoms with Crippen LogP contribution in [0.15, 0.2) is 36.0 Å². The maximum absolute atomic E-state index is 3.99. The molecule has 16 heavy (non-hydrogen) atoms. The minimum absolute atomic E-state index is 0. The zero-order chi connectivity index (χ0) is 10.5. The first-order chi connectivity index (χ1) is 7.36. The summed E-state index contributed by atoms with van der Waals surface area (Å²) in [5.41, 5.74) is 2.65. The van der Waals surface area contributed by atoms with Gasteiger partial charge in [-0.05, 0) is 41.6 Å². The van der Waals surface area contributed by atoms with Crippen LogP contribution in [0.3, 0.4) is 0 Å². The minimum Gasteiger partial charge on any atom is -0.308 e. The van der Waals surface area contributed by atoms with Crippen LogP contribution in [0.4, 0.5) is 0 Å². The molecule has 0 aromatic carbocycles. The lowest BCUT2D eigenvalue weighted by Crippen LogP contribution is -2.12. The smallest absolute Gasteiger partial charge is 0.0305 e. The van der Waals surface area contributed by atoms with Crippen LogP contribution in [0.25, 0.3) is 0 Å². The number of hydrogen-bond acceptors (Lipinski definition) is 3. The third-order valence-electron chi connectivity index (χ3n) is 2.33. The summed E-state index contributed by atoms with van der Waals surface area (Å²) < 4.78 is 0. The van der Waals surface area contributed by atoms with Crippen LogP contribution >= 0.6 is 23.7 Å². The van der Waals surface area contributed by atoms with Gasteiger partial charge in [-0.1, -0.05) is 0 Å². The summed E-state index contributed by atoms with van der Waals surface area (Å²) in [7, 11) is 0. The Morgan fingerprint density at radius 1 is 1.19 bits per heavy atom. The van der Waals surface area contributed by atoms with E-state index in [1.807, 2.05) is 35.9 Å². The van der Waals surface area contributed by atoms with Crippen LogP contribution in [-0.2, 0) is 13.1 Å². The number of pyridine rings is 1. The molecule has 2 aromatic rings. The van der Waals surface area contributed by atoms with E-state index in [1.165, 1.54) is 16.0 Å². The predicted octanol–water partition coefficient (Wildman–Crippen LogP) is 3.16. The van der Waals surface area contributed by atoms with Crippen molar-refractivity contribution in [3.05, 3.63) is 52.0 Å².